The summed E-state index contributed by atoms with van der Waals surface area (Å²) in [5.41, 5.74) is 2.96. The number of hydrogen-bond donors (Lipinski definition) is 1. The molecule has 2 fully saturated rings. The van der Waals surface area contributed by atoms with Crippen molar-refractivity contribution in [1.82, 2.24) is 4.90 Å². The van der Waals surface area contributed by atoms with Crippen LogP contribution in [0.5, 0.6) is 5.75 Å². The van der Waals surface area contributed by atoms with Gasteiger partial charge in [-0.05, 0) is 70.1 Å². The van der Waals surface area contributed by atoms with Crippen molar-refractivity contribution in [2.45, 2.75) is 82.1 Å². The first-order valence-corrected chi connectivity index (χ1v) is 10.5. The second-order valence-electron chi connectivity index (χ2n) is 9.63. The minimum Gasteiger partial charge on any atom is -0.496 e. The van der Waals surface area contributed by atoms with E-state index in [9.17, 15) is 10.4 Å². The molecule has 2 aliphatic heterocycles. The minimum atomic E-state index is -0.478. The van der Waals surface area contributed by atoms with E-state index in [2.05, 4.69) is 23.1 Å². The monoisotopic (exact) mass is 384 g/mol. The van der Waals surface area contributed by atoms with E-state index >= 15 is 0 Å². The molecule has 0 spiro atoms. The zero-order valence-electron chi connectivity index (χ0n) is 17.5. The van der Waals surface area contributed by atoms with Crippen molar-refractivity contribution in [1.29, 1.82) is 5.26 Å². The smallest absolute Gasteiger partial charge is 0.124 e. The van der Waals surface area contributed by atoms with Crippen molar-refractivity contribution in [2.24, 2.45) is 0 Å². The lowest BCUT2D eigenvalue weighted by atomic mass is 9.64. The van der Waals surface area contributed by atoms with Crippen LogP contribution < -0.4 is 4.74 Å². The van der Waals surface area contributed by atoms with Gasteiger partial charge in [0.1, 0.15) is 5.75 Å². The summed E-state index contributed by atoms with van der Waals surface area (Å²) in [5, 5.41) is 20.6. The van der Waals surface area contributed by atoms with Crippen molar-refractivity contribution < 1.29 is 14.6 Å². The SMILES string of the molecule is COc1cc2c(cc1C1(C#N)CCC1)CCN1C[C@@H](OC(C)(C)C)[C@H](O)C[C@H]21. The molecule has 3 atom stereocenters. The van der Waals surface area contributed by atoms with E-state index in [1.54, 1.807) is 7.11 Å². The number of fused-ring (bicyclic) bond motifs is 3. The zero-order valence-corrected chi connectivity index (χ0v) is 17.5. The van der Waals surface area contributed by atoms with Gasteiger partial charge in [0.25, 0.3) is 0 Å². The lowest BCUT2D eigenvalue weighted by Gasteiger charge is -2.47. The van der Waals surface area contributed by atoms with Crippen LogP contribution in [0, 0.1) is 11.3 Å². The highest BCUT2D eigenvalue weighted by atomic mass is 16.5. The maximum atomic E-state index is 10.8. The van der Waals surface area contributed by atoms with E-state index in [0.717, 1.165) is 50.1 Å². The molecule has 1 aliphatic carbocycles. The fourth-order valence-electron chi connectivity index (χ4n) is 5.10. The summed E-state index contributed by atoms with van der Waals surface area (Å²) >= 11 is 0. The molecule has 28 heavy (non-hydrogen) atoms. The molecule has 0 radical (unpaired) electrons. The van der Waals surface area contributed by atoms with Crippen LogP contribution in [0.4, 0.5) is 0 Å². The largest absolute Gasteiger partial charge is 0.496 e. The Morgan fingerprint density at radius 3 is 2.61 bits per heavy atom. The third-order valence-electron chi connectivity index (χ3n) is 6.68. The van der Waals surface area contributed by atoms with Crippen LogP contribution >= 0.6 is 0 Å². The van der Waals surface area contributed by atoms with E-state index in [0.29, 0.717) is 6.42 Å². The van der Waals surface area contributed by atoms with Gasteiger partial charge in [-0.1, -0.05) is 6.07 Å². The third kappa shape index (κ3) is 3.32. The normalized spacial score (nSPS) is 29.2. The number of hydrogen-bond acceptors (Lipinski definition) is 5. The summed E-state index contributed by atoms with van der Waals surface area (Å²) in [5.74, 6) is 0.824. The van der Waals surface area contributed by atoms with Crippen molar-refractivity contribution in [2.75, 3.05) is 20.2 Å². The Morgan fingerprint density at radius 2 is 2.04 bits per heavy atom. The van der Waals surface area contributed by atoms with Gasteiger partial charge in [0.15, 0.2) is 0 Å². The lowest BCUT2D eigenvalue weighted by molar-refractivity contribution is -0.149. The van der Waals surface area contributed by atoms with Crippen molar-refractivity contribution >= 4 is 0 Å². The average Bonchev–Trinajstić information content (AvgIpc) is 2.60. The van der Waals surface area contributed by atoms with Crippen LogP contribution in [0.1, 0.15) is 69.2 Å². The summed E-state index contributed by atoms with van der Waals surface area (Å²) in [4.78, 5) is 2.44. The Labute approximate surface area is 168 Å². The number of ether oxygens (including phenoxy) is 2. The number of methoxy groups -OCH3 is 1. The van der Waals surface area contributed by atoms with Crippen LogP contribution in [0.25, 0.3) is 0 Å². The molecule has 1 aromatic carbocycles. The molecule has 3 aliphatic rings. The molecule has 152 valence electrons. The van der Waals surface area contributed by atoms with Crippen LogP contribution in [0.3, 0.4) is 0 Å². The van der Waals surface area contributed by atoms with Gasteiger partial charge < -0.3 is 14.6 Å². The first-order valence-electron chi connectivity index (χ1n) is 10.5. The molecule has 5 nitrogen and oxygen atoms in total. The van der Waals surface area contributed by atoms with Gasteiger partial charge in [0, 0.05) is 24.7 Å². The standard InChI is InChI=1S/C23H32N2O3/c1-22(2,3)28-21-13-25-9-6-15-10-17(23(14-24)7-5-8-23)20(27-4)11-16(15)18(25)12-19(21)26/h10-11,18-19,21,26H,5-9,12-13H2,1-4H3/t18-,19-,21-/m1/s1. The number of nitrogens with zero attached hydrogens (tertiary/aromatic N) is 2. The lowest BCUT2D eigenvalue weighted by Crippen LogP contribution is -2.53. The van der Waals surface area contributed by atoms with Gasteiger partial charge in [0.2, 0.25) is 0 Å². The van der Waals surface area contributed by atoms with Crippen molar-refractivity contribution in [3.8, 4) is 11.8 Å². The van der Waals surface area contributed by atoms with E-state index in [1.165, 1.54) is 11.1 Å². The predicted octanol–water partition coefficient (Wildman–Crippen LogP) is 3.49. The van der Waals surface area contributed by atoms with Gasteiger partial charge in [-0.2, -0.15) is 5.26 Å². The van der Waals surface area contributed by atoms with E-state index in [-0.39, 0.29) is 23.2 Å². The summed E-state index contributed by atoms with van der Waals surface area (Å²) in [6.07, 6.45) is 3.93. The first kappa shape index (κ1) is 19.7. The molecule has 1 saturated carbocycles. The summed E-state index contributed by atoms with van der Waals surface area (Å²) in [7, 11) is 1.69. The topological polar surface area (TPSA) is 65.7 Å². The Balaban J connectivity index is 1.64. The molecule has 0 amide bonds. The second kappa shape index (κ2) is 7.02. The molecule has 0 bridgehead atoms. The summed E-state index contributed by atoms with van der Waals surface area (Å²) in [6, 6.07) is 7.09. The molecule has 0 unspecified atom stereocenters. The third-order valence-corrected chi connectivity index (χ3v) is 6.68. The van der Waals surface area contributed by atoms with Crippen LogP contribution in [-0.4, -0.2) is 48.0 Å². The summed E-state index contributed by atoms with van der Waals surface area (Å²) < 4.78 is 11.9. The molecule has 2 heterocycles. The number of piperidine rings is 1. The van der Waals surface area contributed by atoms with Crippen molar-refractivity contribution in [3.63, 3.8) is 0 Å². The Hall–Kier alpha value is -1.61. The number of benzene rings is 1. The van der Waals surface area contributed by atoms with E-state index in [1.807, 2.05) is 20.8 Å². The molecule has 1 N–H and O–H groups in total. The Morgan fingerprint density at radius 1 is 1.29 bits per heavy atom. The zero-order chi connectivity index (χ0) is 20.1. The molecule has 4 rings (SSSR count). The van der Waals surface area contributed by atoms with Gasteiger partial charge >= 0.3 is 0 Å². The fourth-order valence-corrected chi connectivity index (χ4v) is 5.10. The highest BCUT2D eigenvalue weighted by molar-refractivity contribution is 5.52. The highest BCUT2D eigenvalue weighted by Crippen LogP contribution is 2.49. The average molecular weight is 385 g/mol. The molecule has 5 heteroatoms. The predicted molar refractivity (Wildman–Crippen MR) is 107 cm³/mol. The molecular formula is C23H32N2O3. The highest BCUT2D eigenvalue weighted by Gasteiger charge is 2.44. The van der Waals surface area contributed by atoms with Crippen LogP contribution in [0.2, 0.25) is 0 Å². The fraction of sp³-hybridized carbons (Fsp3) is 0.696. The first-order chi connectivity index (χ1) is 13.3. The number of aliphatic hydroxyl groups excluding tert-OH is 1. The number of rotatable bonds is 3. The number of aliphatic hydroxyl groups is 1. The van der Waals surface area contributed by atoms with Crippen molar-refractivity contribution in [3.05, 3.63) is 28.8 Å². The van der Waals surface area contributed by atoms with Gasteiger partial charge in [-0.25, -0.2) is 0 Å². The molecule has 0 aromatic heterocycles. The quantitative estimate of drug-likeness (QED) is 0.864. The van der Waals surface area contributed by atoms with E-state index < -0.39 is 6.10 Å². The van der Waals surface area contributed by atoms with E-state index in [4.69, 9.17) is 9.47 Å². The van der Waals surface area contributed by atoms with Gasteiger partial charge in [-0.15, -0.1) is 0 Å². The maximum Gasteiger partial charge on any atom is 0.124 e. The minimum absolute atomic E-state index is 0.157. The summed E-state index contributed by atoms with van der Waals surface area (Å²) in [6.45, 7) is 7.81. The molecular weight excluding hydrogens is 352 g/mol. The Kier molecular flexibility index (Phi) is 4.94. The van der Waals surface area contributed by atoms with Crippen LogP contribution in [-0.2, 0) is 16.6 Å². The second-order valence-corrected chi connectivity index (χ2v) is 9.63. The van der Waals surface area contributed by atoms with Gasteiger partial charge in [-0.3, -0.25) is 4.90 Å². The molecule has 1 aromatic rings. The number of nitriles is 1. The maximum absolute atomic E-state index is 10.8. The van der Waals surface area contributed by atoms with Gasteiger partial charge in [0.05, 0.1) is 36.4 Å². The Bertz CT molecular complexity index is 788. The van der Waals surface area contributed by atoms with Crippen LogP contribution in [0.15, 0.2) is 12.1 Å². The molecule has 1 saturated heterocycles.